The molecule has 1 aromatic rings. The molecule has 0 aliphatic carbocycles. The minimum atomic E-state index is -0.228. The molecule has 20 heavy (non-hydrogen) atoms. The van der Waals surface area contributed by atoms with Crippen LogP contribution in [0.4, 0.5) is 5.69 Å². The monoisotopic (exact) mass is 275 g/mol. The van der Waals surface area contributed by atoms with Gasteiger partial charge in [-0.3, -0.25) is 4.79 Å². The summed E-state index contributed by atoms with van der Waals surface area (Å²) in [5.74, 6) is -0.350. The number of amides is 1. The average molecular weight is 275 g/mol. The number of nitrogens with two attached hydrogens (primary N) is 1. The number of anilines is 1. The van der Waals surface area contributed by atoms with Crippen molar-refractivity contribution in [3.8, 4) is 0 Å². The SMILES string of the molecule is CCCNC1CCN(CC(C)C(N)=O)c2ccccc21. The van der Waals surface area contributed by atoms with Gasteiger partial charge in [0.05, 0.1) is 5.92 Å². The molecule has 0 saturated carbocycles. The van der Waals surface area contributed by atoms with E-state index in [1.165, 1.54) is 11.3 Å². The molecule has 1 aliphatic heterocycles. The average Bonchev–Trinajstić information content (AvgIpc) is 2.46. The van der Waals surface area contributed by atoms with Gasteiger partial charge in [0.2, 0.25) is 5.91 Å². The normalized spacial score (nSPS) is 19.5. The maximum atomic E-state index is 11.3. The second-order valence-corrected chi connectivity index (χ2v) is 5.60. The topological polar surface area (TPSA) is 58.4 Å². The van der Waals surface area contributed by atoms with E-state index < -0.39 is 0 Å². The summed E-state index contributed by atoms with van der Waals surface area (Å²) in [7, 11) is 0. The van der Waals surface area contributed by atoms with Crippen molar-refractivity contribution in [3.63, 3.8) is 0 Å². The highest BCUT2D eigenvalue weighted by atomic mass is 16.1. The number of hydrogen-bond donors (Lipinski definition) is 2. The van der Waals surface area contributed by atoms with E-state index in [-0.39, 0.29) is 11.8 Å². The van der Waals surface area contributed by atoms with Gasteiger partial charge in [-0.05, 0) is 31.0 Å². The Balaban J connectivity index is 2.16. The van der Waals surface area contributed by atoms with Crippen LogP contribution in [0.5, 0.6) is 0 Å². The molecule has 1 aromatic carbocycles. The van der Waals surface area contributed by atoms with E-state index in [1.54, 1.807) is 0 Å². The fourth-order valence-electron chi connectivity index (χ4n) is 2.77. The Bertz CT molecular complexity index is 461. The molecule has 1 aliphatic rings. The van der Waals surface area contributed by atoms with Crippen LogP contribution >= 0.6 is 0 Å². The van der Waals surface area contributed by atoms with Gasteiger partial charge in [-0.2, -0.15) is 0 Å². The molecular formula is C16H25N3O. The fourth-order valence-corrected chi connectivity index (χ4v) is 2.77. The highest BCUT2D eigenvalue weighted by Gasteiger charge is 2.25. The van der Waals surface area contributed by atoms with Crippen LogP contribution in [0, 0.1) is 5.92 Å². The van der Waals surface area contributed by atoms with Crippen LogP contribution < -0.4 is 16.0 Å². The van der Waals surface area contributed by atoms with Gasteiger partial charge in [-0.1, -0.05) is 32.0 Å². The summed E-state index contributed by atoms with van der Waals surface area (Å²) in [6.07, 6.45) is 2.21. The molecule has 3 N–H and O–H groups in total. The number of primary amides is 1. The van der Waals surface area contributed by atoms with E-state index in [1.807, 2.05) is 6.92 Å². The maximum Gasteiger partial charge on any atom is 0.222 e. The molecular weight excluding hydrogens is 250 g/mol. The lowest BCUT2D eigenvalue weighted by molar-refractivity contribution is -0.121. The van der Waals surface area contributed by atoms with Crippen molar-refractivity contribution in [1.29, 1.82) is 0 Å². The molecule has 1 amide bonds. The molecule has 0 aromatic heterocycles. The van der Waals surface area contributed by atoms with E-state index >= 15 is 0 Å². The Labute approximate surface area is 121 Å². The lowest BCUT2D eigenvalue weighted by Crippen LogP contribution is -2.40. The smallest absolute Gasteiger partial charge is 0.222 e. The van der Waals surface area contributed by atoms with Crippen LogP contribution in [-0.2, 0) is 4.79 Å². The zero-order valence-corrected chi connectivity index (χ0v) is 12.4. The van der Waals surface area contributed by atoms with Crippen molar-refractivity contribution in [2.24, 2.45) is 11.7 Å². The maximum absolute atomic E-state index is 11.3. The van der Waals surface area contributed by atoms with Crippen molar-refractivity contribution in [2.45, 2.75) is 32.7 Å². The molecule has 4 nitrogen and oxygen atoms in total. The van der Waals surface area contributed by atoms with Gasteiger partial charge in [-0.15, -0.1) is 0 Å². The lowest BCUT2D eigenvalue weighted by Gasteiger charge is -2.37. The van der Waals surface area contributed by atoms with E-state index in [4.69, 9.17) is 5.73 Å². The highest BCUT2D eigenvalue weighted by Crippen LogP contribution is 2.33. The fraction of sp³-hybridized carbons (Fsp3) is 0.562. The second-order valence-electron chi connectivity index (χ2n) is 5.60. The molecule has 2 atom stereocenters. The van der Waals surface area contributed by atoms with Crippen LogP contribution in [0.3, 0.4) is 0 Å². The third kappa shape index (κ3) is 3.31. The summed E-state index contributed by atoms with van der Waals surface area (Å²) >= 11 is 0. The predicted octanol–water partition coefficient (Wildman–Crippen LogP) is 2.06. The zero-order chi connectivity index (χ0) is 14.5. The molecule has 0 fully saturated rings. The van der Waals surface area contributed by atoms with Crippen molar-refractivity contribution in [3.05, 3.63) is 29.8 Å². The summed E-state index contributed by atoms with van der Waals surface area (Å²) in [4.78, 5) is 13.6. The van der Waals surface area contributed by atoms with Gasteiger partial charge in [0.1, 0.15) is 0 Å². The third-order valence-corrected chi connectivity index (χ3v) is 3.96. The minimum Gasteiger partial charge on any atom is -0.370 e. The number of benzene rings is 1. The van der Waals surface area contributed by atoms with Crippen LogP contribution in [0.25, 0.3) is 0 Å². The van der Waals surface area contributed by atoms with E-state index in [0.29, 0.717) is 12.6 Å². The van der Waals surface area contributed by atoms with Crippen molar-refractivity contribution in [1.82, 2.24) is 5.32 Å². The van der Waals surface area contributed by atoms with Gasteiger partial charge in [0.25, 0.3) is 0 Å². The van der Waals surface area contributed by atoms with Gasteiger partial charge in [0.15, 0.2) is 0 Å². The Morgan fingerprint density at radius 1 is 1.50 bits per heavy atom. The third-order valence-electron chi connectivity index (χ3n) is 3.96. The molecule has 110 valence electrons. The van der Waals surface area contributed by atoms with E-state index in [2.05, 4.69) is 41.4 Å². The molecule has 2 rings (SSSR count). The summed E-state index contributed by atoms with van der Waals surface area (Å²) in [5.41, 5.74) is 7.96. The minimum absolute atomic E-state index is 0.122. The quantitative estimate of drug-likeness (QED) is 0.835. The van der Waals surface area contributed by atoms with Crippen LogP contribution in [0.2, 0.25) is 0 Å². The van der Waals surface area contributed by atoms with Crippen LogP contribution in [-0.4, -0.2) is 25.5 Å². The first-order valence-corrected chi connectivity index (χ1v) is 7.50. The lowest BCUT2D eigenvalue weighted by atomic mass is 9.95. The van der Waals surface area contributed by atoms with Gasteiger partial charge < -0.3 is 16.0 Å². The van der Waals surface area contributed by atoms with E-state index in [9.17, 15) is 4.79 Å². The number of fused-ring (bicyclic) bond motifs is 1. The first kappa shape index (κ1) is 14.9. The molecule has 0 radical (unpaired) electrons. The predicted molar refractivity (Wildman–Crippen MR) is 82.7 cm³/mol. The number of nitrogens with zero attached hydrogens (tertiary/aromatic N) is 1. The van der Waals surface area contributed by atoms with Gasteiger partial charge in [0, 0.05) is 24.8 Å². The summed E-state index contributed by atoms with van der Waals surface area (Å²) in [6, 6.07) is 8.89. The van der Waals surface area contributed by atoms with Gasteiger partial charge >= 0.3 is 0 Å². The standard InChI is InChI=1S/C16H25N3O/c1-3-9-18-14-8-10-19(11-12(2)16(17)20)15-7-5-4-6-13(14)15/h4-7,12,14,18H,3,8-11H2,1-2H3,(H2,17,20). The molecule has 0 spiro atoms. The Morgan fingerprint density at radius 2 is 2.25 bits per heavy atom. The Morgan fingerprint density at radius 3 is 2.95 bits per heavy atom. The number of nitrogens with one attached hydrogen (secondary N) is 1. The Kier molecular flexibility index (Phi) is 5.01. The molecule has 1 heterocycles. The number of rotatable bonds is 6. The summed E-state index contributed by atoms with van der Waals surface area (Å²) in [6.45, 7) is 6.79. The molecule has 0 bridgehead atoms. The molecule has 4 heteroatoms. The van der Waals surface area contributed by atoms with Crippen LogP contribution in [0.1, 0.15) is 38.3 Å². The van der Waals surface area contributed by atoms with Crippen LogP contribution in [0.15, 0.2) is 24.3 Å². The summed E-state index contributed by atoms with van der Waals surface area (Å²) in [5, 5.41) is 3.61. The Hall–Kier alpha value is -1.55. The van der Waals surface area contributed by atoms with Crippen molar-refractivity contribution in [2.75, 3.05) is 24.5 Å². The second kappa shape index (κ2) is 6.75. The molecule has 0 saturated heterocycles. The number of carbonyl (C=O) groups is 1. The molecule has 2 unspecified atom stereocenters. The number of hydrogen-bond acceptors (Lipinski definition) is 3. The summed E-state index contributed by atoms with van der Waals surface area (Å²) < 4.78 is 0. The number of para-hydroxylation sites is 1. The van der Waals surface area contributed by atoms with E-state index in [0.717, 1.165) is 25.9 Å². The largest absolute Gasteiger partial charge is 0.370 e. The van der Waals surface area contributed by atoms with Crippen molar-refractivity contribution >= 4 is 11.6 Å². The first-order valence-electron chi connectivity index (χ1n) is 7.50. The highest BCUT2D eigenvalue weighted by molar-refractivity contribution is 5.77. The first-order chi connectivity index (χ1) is 9.63. The number of carbonyl (C=O) groups excluding carboxylic acids is 1. The zero-order valence-electron chi connectivity index (χ0n) is 12.4. The van der Waals surface area contributed by atoms with Gasteiger partial charge in [-0.25, -0.2) is 0 Å². The van der Waals surface area contributed by atoms with Crippen molar-refractivity contribution < 1.29 is 4.79 Å².